The molecule has 1 aromatic heterocycles. The lowest BCUT2D eigenvalue weighted by Crippen LogP contribution is -1.97. The first-order chi connectivity index (χ1) is 10.4. The summed E-state index contributed by atoms with van der Waals surface area (Å²) in [5.41, 5.74) is 0.617. The van der Waals surface area contributed by atoms with Crippen molar-refractivity contribution in [1.82, 2.24) is 0 Å². The molecule has 2 rings (SSSR count). The Morgan fingerprint density at radius 2 is 2.00 bits per heavy atom. The van der Waals surface area contributed by atoms with E-state index in [0.29, 0.717) is 14.9 Å². The molecule has 0 aliphatic heterocycles. The van der Waals surface area contributed by atoms with Crippen molar-refractivity contribution in [3.05, 3.63) is 50.1 Å². The van der Waals surface area contributed by atoms with Gasteiger partial charge in [0.25, 0.3) is 0 Å². The Labute approximate surface area is 138 Å². The van der Waals surface area contributed by atoms with E-state index in [0.717, 1.165) is 11.3 Å². The van der Waals surface area contributed by atoms with E-state index in [9.17, 15) is 14.7 Å². The van der Waals surface area contributed by atoms with E-state index in [4.69, 9.17) is 9.84 Å². The van der Waals surface area contributed by atoms with Crippen LogP contribution >= 0.6 is 27.3 Å². The van der Waals surface area contributed by atoms with Gasteiger partial charge in [0.1, 0.15) is 10.6 Å². The molecule has 0 atom stereocenters. The highest BCUT2D eigenvalue weighted by Gasteiger charge is 2.10. The molecular weight excluding hydrogens is 372 g/mol. The fourth-order valence-electron chi connectivity index (χ4n) is 1.68. The normalized spacial score (nSPS) is 10.8. The molecule has 2 aromatic rings. The Hall–Kier alpha value is -2.12. The summed E-state index contributed by atoms with van der Waals surface area (Å²) in [6, 6.07) is 5.96. The van der Waals surface area contributed by atoms with Crippen LogP contribution in [0.4, 0.5) is 0 Å². The molecule has 0 saturated heterocycles. The van der Waals surface area contributed by atoms with Gasteiger partial charge >= 0.3 is 5.97 Å². The second-order valence-corrected chi connectivity index (χ2v) is 6.14. The van der Waals surface area contributed by atoms with Crippen LogP contribution in [0.25, 0.3) is 6.08 Å². The molecule has 1 heterocycles. The number of rotatable bonds is 5. The van der Waals surface area contributed by atoms with Gasteiger partial charge in [-0.3, -0.25) is 4.79 Å². The van der Waals surface area contributed by atoms with E-state index in [1.165, 1.54) is 37.5 Å². The second-order valence-electron chi connectivity index (χ2n) is 4.20. The third-order valence-electron chi connectivity index (χ3n) is 2.74. The average Bonchev–Trinajstić information content (AvgIpc) is 2.98. The monoisotopic (exact) mass is 381 g/mol. The average molecular weight is 382 g/mol. The molecule has 0 fully saturated rings. The summed E-state index contributed by atoms with van der Waals surface area (Å²) in [7, 11) is 1.39. The number of ketones is 1. The predicted octanol–water partition coefficient (Wildman–Crippen LogP) is 3.19. The van der Waals surface area contributed by atoms with Gasteiger partial charge in [-0.25, -0.2) is 4.79 Å². The summed E-state index contributed by atoms with van der Waals surface area (Å²) < 4.78 is 5.30. The lowest BCUT2D eigenvalue weighted by atomic mass is 10.1. The molecule has 0 bridgehead atoms. The maximum Gasteiger partial charge on any atom is 0.345 e. The van der Waals surface area contributed by atoms with E-state index in [2.05, 4.69) is 15.9 Å². The number of hydrogen-bond donors (Lipinski definition) is 1. The Balaban J connectivity index is 2.22. The minimum Gasteiger partial charge on any atom is -0.869 e. The minimum absolute atomic E-state index is 0.108. The van der Waals surface area contributed by atoms with Crippen LogP contribution in [0, 0.1) is 0 Å². The maximum atomic E-state index is 12.0. The zero-order valence-electron chi connectivity index (χ0n) is 11.3. The van der Waals surface area contributed by atoms with Gasteiger partial charge in [0.2, 0.25) is 0 Å². The fourth-order valence-corrected chi connectivity index (χ4v) is 2.90. The third kappa shape index (κ3) is 3.55. The number of carbonyl (C=O) groups excluding carboxylic acids is 1. The Morgan fingerprint density at radius 1 is 1.32 bits per heavy atom. The molecule has 0 amide bonds. The predicted molar refractivity (Wildman–Crippen MR) is 84.8 cm³/mol. The van der Waals surface area contributed by atoms with Gasteiger partial charge in [-0.1, -0.05) is 27.8 Å². The number of carboxylic acid groups (broad SMARTS) is 1. The number of thiophene rings is 1. The van der Waals surface area contributed by atoms with Crippen LogP contribution in [-0.2, 0) is 0 Å². The molecule has 1 aromatic carbocycles. The number of benzene rings is 1. The lowest BCUT2D eigenvalue weighted by molar-refractivity contribution is -0.271. The Kier molecular flexibility index (Phi) is 4.99. The Bertz CT molecular complexity index is 763. The zero-order valence-corrected chi connectivity index (χ0v) is 13.7. The maximum absolute atomic E-state index is 12.0. The molecule has 0 spiro atoms. The molecule has 0 aliphatic carbocycles. The largest absolute Gasteiger partial charge is 0.869 e. The molecule has 0 aliphatic rings. The minimum atomic E-state index is -1.06. The highest BCUT2D eigenvalue weighted by molar-refractivity contribution is 9.10. The Morgan fingerprint density at radius 3 is 2.59 bits per heavy atom. The van der Waals surface area contributed by atoms with Gasteiger partial charge < -0.3 is 14.9 Å². The van der Waals surface area contributed by atoms with Crippen molar-refractivity contribution in [2.75, 3.05) is 7.11 Å². The van der Waals surface area contributed by atoms with Crippen molar-refractivity contribution < 1.29 is 24.5 Å². The molecule has 0 unspecified atom stereocenters. The lowest BCUT2D eigenvalue weighted by Gasteiger charge is -2.15. The molecule has 0 radical (unpaired) electrons. The van der Waals surface area contributed by atoms with E-state index >= 15 is 0 Å². The van der Waals surface area contributed by atoms with Crippen molar-refractivity contribution in [3.8, 4) is 11.5 Å². The summed E-state index contributed by atoms with van der Waals surface area (Å²) in [5.74, 6) is -1.47. The van der Waals surface area contributed by atoms with Gasteiger partial charge in [0, 0.05) is 4.47 Å². The number of carbonyl (C=O) groups is 2. The van der Waals surface area contributed by atoms with Crippen molar-refractivity contribution >= 4 is 45.1 Å². The third-order valence-corrected chi connectivity index (χ3v) is 4.42. The second kappa shape index (κ2) is 6.76. The van der Waals surface area contributed by atoms with Crippen LogP contribution in [0.15, 0.2) is 34.8 Å². The number of methoxy groups -OCH3 is 1. The number of allylic oxidation sites excluding steroid dienone is 1. The molecule has 5 nitrogen and oxygen atoms in total. The van der Waals surface area contributed by atoms with Crippen LogP contribution in [-0.4, -0.2) is 24.0 Å². The van der Waals surface area contributed by atoms with Crippen molar-refractivity contribution in [3.63, 3.8) is 0 Å². The smallest absolute Gasteiger partial charge is 0.345 e. The van der Waals surface area contributed by atoms with Gasteiger partial charge in [0.05, 0.1) is 12.0 Å². The van der Waals surface area contributed by atoms with Gasteiger partial charge in [0.15, 0.2) is 5.78 Å². The van der Waals surface area contributed by atoms with Gasteiger partial charge in [-0.2, -0.15) is 0 Å². The molecule has 7 heteroatoms. The van der Waals surface area contributed by atoms with Crippen LogP contribution in [0.5, 0.6) is 11.5 Å². The molecule has 114 valence electrons. The fraction of sp³-hybridized carbons (Fsp3) is 0.0667. The van der Waals surface area contributed by atoms with E-state index in [-0.39, 0.29) is 22.2 Å². The van der Waals surface area contributed by atoms with E-state index in [1.807, 2.05) is 0 Å². The van der Waals surface area contributed by atoms with Crippen LogP contribution in [0.2, 0.25) is 0 Å². The standard InChI is InChI=1S/C15H11BrO5S/c1-21-11-7-8(6-9(16)14(11)18)2-3-10(17)12-4-5-13(22-12)15(19)20/h2-7,18H,1H3,(H,19,20)/p-1/b3-2+. The zero-order chi connectivity index (χ0) is 16.3. The van der Waals surface area contributed by atoms with Crippen molar-refractivity contribution in [1.29, 1.82) is 0 Å². The number of aromatic carboxylic acids is 1. The highest BCUT2D eigenvalue weighted by Crippen LogP contribution is 2.33. The van der Waals surface area contributed by atoms with Gasteiger partial charge in [-0.05, 0) is 35.9 Å². The van der Waals surface area contributed by atoms with E-state index < -0.39 is 5.97 Å². The molecular formula is C15H10BrO5S-. The summed E-state index contributed by atoms with van der Waals surface area (Å²) in [4.78, 5) is 23.2. The first-order valence-corrected chi connectivity index (χ1v) is 7.63. The van der Waals surface area contributed by atoms with Crippen molar-refractivity contribution in [2.45, 2.75) is 0 Å². The molecule has 0 saturated carbocycles. The summed E-state index contributed by atoms with van der Waals surface area (Å²) >= 11 is 4.05. The summed E-state index contributed by atoms with van der Waals surface area (Å²) in [6.45, 7) is 0. The molecule has 22 heavy (non-hydrogen) atoms. The van der Waals surface area contributed by atoms with E-state index in [1.54, 1.807) is 6.07 Å². The quantitative estimate of drug-likeness (QED) is 0.634. The first kappa shape index (κ1) is 16.3. The van der Waals surface area contributed by atoms with Crippen LogP contribution < -0.4 is 9.84 Å². The van der Waals surface area contributed by atoms with Gasteiger partial charge in [-0.15, -0.1) is 11.3 Å². The number of halogens is 1. The highest BCUT2D eigenvalue weighted by atomic mass is 79.9. The molecule has 1 N–H and O–H groups in total. The first-order valence-electron chi connectivity index (χ1n) is 6.02. The topological polar surface area (TPSA) is 86.7 Å². The summed E-state index contributed by atoms with van der Waals surface area (Å²) in [6.07, 6.45) is 2.86. The number of hydrogen-bond acceptors (Lipinski definition) is 5. The summed E-state index contributed by atoms with van der Waals surface area (Å²) in [5, 5.41) is 20.5. The SMILES string of the molecule is COc1cc(/C=C/C(=O)c2ccc(C(=O)O)s2)cc(Br)c1[O-]. The van der Waals surface area contributed by atoms with Crippen LogP contribution in [0.3, 0.4) is 0 Å². The number of ether oxygens (including phenoxy) is 1. The number of carboxylic acids is 1. The van der Waals surface area contributed by atoms with Crippen molar-refractivity contribution in [2.24, 2.45) is 0 Å². The van der Waals surface area contributed by atoms with Crippen LogP contribution in [0.1, 0.15) is 24.9 Å².